The van der Waals surface area contributed by atoms with Crippen LogP contribution in [0.15, 0.2) is 96.8 Å². The Labute approximate surface area is 144 Å². The lowest BCUT2D eigenvalue weighted by Crippen LogP contribution is -1.79. The zero-order valence-corrected chi connectivity index (χ0v) is 13.3. The highest BCUT2D eigenvalue weighted by Gasteiger charge is 1.99. The number of pyridine rings is 1. The maximum Gasteiger partial charge on any atom is 0.136 e. The summed E-state index contributed by atoms with van der Waals surface area (Å²) in [7, 11) is 0. The van der Waals surface area contributed by atoms with Crippen molar-refractivity contribution in [3.8, 4) is 0 Å². The van der Waals surface area contributed by atoms with Crippen LogP contribution in [-0.4, -0.2) is 24.9 Å². The van der Waals surface area contributed by atoms with E-state index in [9.17, 15) is 0 Å². The minimum Gasteiger partial charge on any atom is -0.463 e. The van der Waals surface area contributed by atoms with Crippen LogP contribution in [0.1, 0.15) is 0 Å². The normalized spacial score (nSPS) is 9.60. The molecule has 2 aromatic heterocycles. The quantitative estimate of drug-likeness (QED) is 0.622. The van der Waals surface area contributed by atoms with Crippen molar-refractivity contribution in [2.75, 3.05) is 0 Å². The van der Waals surface area contributed by atoms with Crippen molar-refractivity contribution in [1.29, 1.82) is 0 Å². The number of aromatic nitrogens is 5. The van der Waals surface area contributed by atoms with Gasteiger partial charge >= 0.3 is 0 Å². The lowest BCUT2D eigenvalue weighted by Gasteiger charge is -1.98. The Morgan fingerprint density at radius 3 is 2.24 bits per heavy atom. The van der Waals surface area contributed by atoms with Crippen LogP contribution >= 0.6 is 0 Å². The highest BCUT2D eigenvalue weighted by Crippen LogP contribution is 2.21. The third kappa shape index (κ3) is 4.65. The van der Waals surface area contributed by atoms with Crippen molar-refractivity contribution < 1.29 is 4.42 Å². The van der Waals surface area contributed by atoms with Crippen LogP contribution in [0.4, 0.5) is 0 Å². The molecule has 0 aliphatic rings. The molecule has 3 rings (SSSR count). The van der Waals surface area contributed by atoms with E-state index in [1.165, 1.54) is 6.26 Å². The van der Waals surface area contributed by atoms with Crippen molar-refractivity contribution in [2.24, 2.45) is 0 Å². The summed E-state index contributed by atoms with van der Waals surface area (Å²) >= 11 is 0. The molecule has 0 saturated heterocycles. The van der Waals surface area contributed by atoms with Gasteiger partial charge in [0.15, 0.2) is 0 Å². The molecule has 1 aromatic carbocycles. The molecule has 0 spiro atoms. The highest BCUT2D eigenvalue weighted by atomic mass is 16.3. The summed E-state index contributed by atoms with van der Waals surface area (Å²) < 4.78 is 5.70. The second-order valence-electron chi connectivity index (χ2n) is 4.76. The fraction of sp³-hybridized carbons (Fsp3) is 0. The van der Waals surface area contributed by atoms with Gasteiger partial charge in [-0.2, -0.15) is 0 Å². The summed E-state index contributed by atoms with van der Waals surface area (Å²) in [5, 5.41) is 1.79. The predicted octanol–water partition coefficient (Wildman–Crippen LogP) is 3.93. The van der Waals surface area contributed by atoms with E-state index in [1.54, 1.807) is 61.8 Å². The monoisotopic (exact) mass is 329 g/mol. The molecule has 122 valence electrons. The van der Waals surface area contributed by atoms with Gasteiger partial charge in [0, 0.05) is 60.3 Å². The molecule has 2 heterocycles. The maximum atomic E-state index is 5.70. The number of hydrogen-bond donors (Lipinski definition) is 0. The van der Waals surface area contributed by atoms with Gasteiger partial charge in [0.05, 0.1) is 11.7 Å². The molecule has 25 heavy (non-hydrogen) atoms. The lowest BCUT2D eigenvalue weighted by atomic mass is 10.1. The first-order valence-electron chi connectivity index (χ1n) is 7.56. The molecule has 0 fully saturated rings. The Balaban J connectivity index is 2.27. The average molecular weight is 329 g/mol. The second-order valence-corrected chi connectivity index (χ2v) is 4.76. The molecule has 0 amide bonds. The highest BCUT2D eigenvalue weighted by molar-refractivity contribution is 6.03. The molecule has 6 nitrogen and oxygen atoms in total. The fourth-order valence-electron chi connectivity index (χ4n) is 2.09. The Bertz CT molecular complexity index is 1030. The van der Waals surface area contributed by atoms with E-state index in [4.69, 9.17) is 4.42 Å². The number of hydrogen-bond acceptors (Lipinski definition) is 6. The minimum absolute atomic E-state index is 0.664. The first-order valence-corrected chi connectivity index (χ1v) is 7.56. The number of fused-ring (bicyclic) bond motifs is 3. The standard InChI is InChI=1S/C19H15N5O/c1-3-16-17-15-23-7-2-6-20-9-10-21-11-12-22-13-14-25-19(17)5-4-18(16)24-8-1/h1-15H. The zero-order chi connectivity index (χ0) is 17.2. The van der Waals surface area contributed by atoms with Crippen molar-refractivity contribution in [3.63, 3.8) is 0 Å². The predicted molar refractivity (Wildman–Crippen MR) is 95.6 cm³/mol. The Morgan fingerprint density at radius 1 is 0.600 bits per heavy atom. The van der Waals surface area contributed by atoms with Gasteiger partial charge in [-0.1, -0.05) is 6.07 Å². The van der Waals surface area contributed by atoms with E-state index in [2.05, 4.69) is 24.9 Å². The smallest absolute Gasteiger partial charge is 0.136 e. The van der Waals surface area contributed by atoms with Crippen molar-refractivity contribution >= 4 is 21.9 Å². The molecular formula is C19H15N5O. The van der Waals surface area contributed by atoms with Crippen molar-refractivity contribution in [1.82, 2.24) is 24.9 Å². The van der Waals surface area contributed by atoms with Crippen LogP contribution < -0.4 is 0 Å². The van der Waals surface area contributed by atoms with E-state index >= 15 is 0 Å². The average Bonchev–Trinajstić information content (AvgIpc) is 2.65. The molecule has 0 saturated carbocycles. The molecule has 0 atom stereocenters. The lowest BCUT2D eigenvalue weighted by molar-refractivity contribution is 0.604. The summed E-state index contributed by atoms with van der Waals surface area (Å²) in [5.41, 5.74) is 1.54. The molecule has 0 radical (unpaired) electrons. The molecule has 0 bridgehead atoms. The Hall–Kier alpha value is -3.67. The van der Waals surface area contributed by atoms with E-state index in [-0.39, 0.29) is 0 Å². The third-order valence-electron chi connectivity index (χ3n) is 3.15. The van der Waals surface area contributed by atoms with E-state index in [0.29, 0.717) is 5.58 Å². The van der Waals surface area contributed by atoms with Crippen LogP contribution in [0.3, 0.4) is 0 Å². The summed E-state index contributed by atoms with van der Waals surface area (Å²) in [4.78, 5) is 20.7. The van der Waals surface area contributed by atoms with Gasteiger partial charge in [-0.15, -0.1) is 0 Å². The van der Waals surface area contributed by atoms with Gasteiger partial charge in [-0.25, -0.2) is 0 Å². The largest absolute Gasteiger partial charge is 0.463 e. The van der Waals surface area contributed by atoms with Gasteiger partial charge in [0.2, 0.25) is 0 Å². The first kappa shape index (κ1) is 16.2. The van der Waals surface area contributed by atoms with Crippen LogP contribution in [0, 0.1) is 0 Å². The zero-order valence-electron chi connectivity index (χ0n) is 13.3. The Kier molecular flexibility index (Phi) is 5.72. The SMILES string of the molecule is c1cnccnccnccoc2ccc3ncccc3c2cnc1. The van der Waals surface area contributed by atoms with E-state index < -0.39 is 0 Å². The molecule has 0 aliphatic heterocycles. The molecule has 6 heteroatoms. The van der Waals surface area contributed by atoms with Gasteiger partial charge in [0.25, 0.3) is 0 Å². The maximum absolute atomic E-state index is 5.70. The van der Waals surface area contributed by atoms with E-state index in [1.807, 2.05) is 24.3 Å². The van der Waals surface area contributed by atoms with Crippen molar-refractivity contribution in [2.45, 2.75) is 0 Å². The number of benzene rings is 1. The van der Waals surface area contributed by atoms with Gasteiger partial charge in [0.1, 0.15) is 11.8 Å². The topological polar surface area (TPSA) is 77.6 Å². The number of nitrogens with zero attached hydrogens (tertiary/aromatic N) is 5. The van der Waals surface area contributed by atoms with Crippen LogP contribution in [0.25, 0.3) is 21.9 Å². The second kappa shape index (κ2) is 8.83. The van der Waals surface area contributed by atoms with Gasteiger partial charge < -0.3 is 4.42 Å². The number of rotatable bonds is 0. The van der Waals surface area contributed by atoms with Crippen LogP contribution in [0.2, 0.25) is 0 Å². The molecule has 3 aromatic rings. The summed E-state index contributed by atoms with van der Waals surface area (Å²) in [6.45, 7) is 0. The minimum atomic E-state index is 0.664. The third-order valence-corrected chi connectivity index (χ3v) is 3.15. The van der Waals surface area contributed by atoms with E-state index in [0.717, 1.165) is 16.3 Å². The molecular weight excluding hydrogens is 314 g/mol. The first-order chi connectivity index (χ1) is 12.4. The molecule has 0 N–H and O–H groups in total. The van der Waals surface area contributed by atoms with Crippen LogP contribution in [-0.2, 0) is 0 Å². The Morgan fingerprint density at radius 2 is 1.36 bits per heavy atom. The summed E-state index contributed by atoms with van der Waals surface area (Å²) in [6, 6.07) is 9.35. The van der Waals surface area contributed by atoms with Gasteiger partial charge in [-0.3, -0.25) is 24.9 Å². The summed E-state index contributed by atoms with van der Waals surface area (Å²) in [6.07, 6.45) is 16.1. The summed E-state index contributed by atoms with van der Waals surface area (Å²) in [5.74, 6) is 0. The van der Waals surface area contributed by atoms with Crippen molar-refractivity contribution in [3.05, 3.63) is 92.4 Å². The molecule has 0 aliphatic carbocycles. The molecule has 0 unspecified atom stereocenters. The fourth-order valence-corrected chi connectivity index (χ4v) is 2.09. The van der Waals surface area contributed by atoms with Crippen LogP contribution in [0.5, 0.6) is 0 Å². The van der Waals surface area contributed by atoms with Gasteiger partial charge in [-0.05, 0) is 24.3 Å².